The van der Waals surface area contributed by atoms with Crippen molar-refractivity contribution in [1.29, 1.82) is 0 Å². The molecule has 0 unspecified atom stereocenters. The molecule has 0 radical (unpaired) electrons. The fourth-order valence-electron chi connectivity index (χ4n) is 3.41. The Morgan fingerprint density at radius 3 is 2.04 bits per heavy atom. The zero-order chi connectivity index (χ0) is 15.8. The largest absolute Gasteiger partial charge is 0.298 e. The zero-order valence-electron chi connectivity index (χ0n) is 13.4. The topological polar surface area (TPSA) is 10.4 Å². The van der Waals surface area contributed by atoms with Crippen molar-refractivity contribution in [1.82, 2.24) is 0 Å². The number of nitrogens with zero attached hydrogens (tertiary/aromatic N) is 3. The van der Waals surface area contributed by atoms with Gasteiger partial charge in [-0.05, 0) is 37.3 Å². The molecule has 4 rings (SSSR count). The number of hydrogen-bond acceptors (Lipinski definition) is 2. The van der Waals surface area contributed by atoms with Crippen molar-refractivity contribution >= 4 is 22.9 Å². The van der Waals surface area contributed by atoms with Crippen LogP contribution in [0.1, 0.15) is 6.92 Å². The molecule has 0 bridgehead atoms. The van der Waals surface area contributed by atoms with Crippen molar-refractivity contribution in [2.45, 2.75) is 13.1 Å². The van der Waals surface area contributed by atoms with Crippen LogP contribution in [0.4, 0.5) is 22.9 Å². The van der Waals surface area contributed by atoms with Crippen molar-refractivity contribution in [3.05, 3.63) is 79.0 Å². The van der Waals surface area contributed by atoms with Gasteiger partial charge in [0.15, 0.2) is 11.9 Å². The highest BCUT2D eigenvalue weighted by atomic mass is 15.4. The van der Waals surface area contributed by atoms with E-state index in [0.29, 0.717) is 0 Å². The Balaban J connectivity index is 1.89. The molecule has 3 nitrogen and oxygen atoms in total. The summed E-state index contributed by atoms with van der Waals surface area (Å²) in [7, 11) is 2.09. The van der Waals surface area contributed by atoms with E-state index in [0.717, 1.165) is 0 Å². The maximum absolute atomic E-state index is 2.39. The summed E-state index contributed by atoms with van der Waals surface area (Å²) in [6.45, 7) is 2.25. The SMILES string of the molecule is C[C@@H]1N(c2ccccc2)c2ccccc2N1c1cccc[n+]1C. The van der Waals surface area contributed by atoms with Crippen LogP contribution in [-0.4, -0.2) is 6.17 Å². The molecule has 0 N–H and O–H groups in total. The Morgan fingerprint density at radius 2 is 1.35 bits per heavy atom. The average molecular weight is 302 g/mol. The number of hydrogen-bond donors (Lipinski definition) is 0. The lowest BCUT2D eigenvalue weighted by Gasteiger charge is -2.25. The number of anilines is 4. The lowest BCUT2D eigenvalue weighted by molar-refractivity contribution is -0.658. The minimum Gasteiger partial charge on any atom is -0.298 e. The first-order valence-corrected chi connectivity index (χ1v) is 7.94. The molecule has 0 saturated carbocycles. The number of para-hydroxylation sites is 3. The molecule has 2 heterocycles. The van der Waals surface area contributed by atoms with Crippen LogP contribution in [-0.2, 0) is 7.05 Å². The molecule has 2 aromatic carbocycles. The summed E-state index contributed by atoms with van der Waals surface area (Å²) >= 11 is 0. The van der Waals surface area contributed by atoms with Gasteiger partial charge in [-0.2, -0.15) is 0 Å². The molecule has 23 heavy (non-hydrogen) atoms. The molecule has 0 amide bonds. The van der Waals surface area contributed by atoms with Gasteiger partial charge in [-0.15, -0.1) is 0 Å². The van der Waals surface area contributed by atoms with E-state index in [2.05, 4.69) is 107 Å². The quantitative estimate of drug-likeness (QED) is 0.658. The summed E-state index contributed by atoms with van der Waals surface area (Å²) in [4.78, 5) is 4.78. The van der Waals surface area contributed by atoms with E-state index in [1.165, 1.54) is 22.9 Å². The van der Waals surface area contributed by atoms with Gasteiger partial charge in [-0.3, -0.25) is 4.90 Å². The Morgan fingerprint density at radius 1 is 0.739 bits per heavy atom. The van der Waals surface area contributed by atoms with E-state index >= 15 is 0 Å². The molecule has 1 aliphatic rings. The van der Waals surface area contributed by atoms with Crippen LogP contribution in [0, 0.1) is 0 Å². The Bertz CT molecular complexity index is 829. The molecule has 3 heteroatoms. The maximum Gasteiger partial charge on any atom is 0.283 e. The maximum atomic E-state index is 2.39. The Hall–Kier alpha value is -2.81. The first kappa shape index (κ1) is 13.8. The van der Waals surface area contributed by atoms with Crippen molar-refractivity contribution in [3.8, 4) is 0 Å². The fourth-order valence-corrected chi connectivity index (χ4v) is 3.41. The summed E-state index contributed by atoms with van der Waals surface area (Å²) in [5, 5.41) is 0. The zero-order valence-corrected chi connectivity index (χ0v) is 13.4. The molecular weight excluding hydrogens is 282 g/mol. The smallest absolute Gasteiger partial charge is 0.283 e. The molecule has 1 aromatic heterocycles. The molecule has 0 saturated heterocycles. The van der Waals surface area contributed by atoms with Gasteiger partial charge in [0.25, 0.3) is 5.82 Å². The van der Waals surface area contributed by atoms with Crippen LogP contribution in [0.15, 0.2) is 79.0 Å². The number of benzene rings is 2. The van der Waals surface area contributed by atoms with E-state index in [9.17, 15) is 0 Å². The van der Waals surface area contributed by atoms with Gasteiger partial charge in [0.2, 0.25) is 0 Å². The Kier molecular flexibility index (Phi) is 3.27. The monoisotopic (exact) mass is 302 g/mol. The van der Waals surface area contributed by atoms with E-state index in [1.54, 1.807) is 0 Å². The number of fused-ring (bicyclic) bond motifs is 1. The van der Waals surface area contributed by atoms with E-state index in [4.69, 9.17) is 0 Å². The van der Waals surface area contributed by atoms with Crippen LogP contribution in [0.3, 0.4) is 0 Å². The second kappa shape index (κ2) is 5.43. The predicted octanol–water partition coefficient (Wildman–Crippen LogP) is 4.15. The highest BCUT2D eigenvalue weighted by Gasteiger charge is 2.41. The van der Waals surface area contributed by atoms with Crippen LogP contribution < -0.4 is 14.4 Å². The van der Waals surface area contributed by atoms with Gasteiger partial charge in [-0.1, -0.05) is 36.4 Å². The molecule has 114 valence electrons. The molecule has 3 aromatic rings. The van der Waals surface area contributed by atoms with E-state index < -0.39 is 0 Å². The summed E-state index contributed by atoms with van der Waals surface area (Å²) in [5.74, 6) is 1.19. The van der Waals surface area contributed by atoms with Crippen LogP contribution in [0.2, 0.25) is 0 Å². The summed E-state index contributed by atoms with van der Waals surface area (Å²) in [6.07, 6.45) is 2.30. The van der Waals surface area contributed by atoms with Crippen LogP contribution >= 0.6 is 0 Å². The summed E-state index contributed by atoms with van der Waals surface area (Å²) < 4.78 is 2.17. The minimum atomic E-state index is 0.211. The fraction of sp³-hybridized carbons (Fsp3) is 0.150. The minimum absolute atomic E-state index is 0.211. The highest BCUT2D eigenvalue weighted by Crippen LogP contribution is 2.46. The number of pyridine rings is 1. The molecular formula is C20H20N3+. The lowest BCUT2D eigenvalue weighted by atomic mass is 10.2. The third kappa shape index (κ3) is 2.16. The van der Waals surface area contributed by atoms with Gasteiger partial charge in [0.05, 0.1) is 18.9 Å². The van der Waals surface area contributed by atoms with Crippen molar-refractivity contribution in [2.24, 2.45) is 7.05 Å². The highest BCUT2D eigenvalue weighted by molar-refractivity contribution is 5.86. The van der Waals surface area contributed by atoms with Gasteiger partial charge in [0, 0.05) is 11.8 Å². The number of rotatable bonds is 2. The first-order chi connectivity index (χ1) is 11.3. The second-order valence-corrected chi connectivity index (χ2v) is 5.87. The molecule has 0 aliphatic carbocycles. The molecule has 0 spiro atoms. The average Bonchev–Trinajstić information content (AvgIpc) is 2.88. The van der Waals surface area contributed by atoms with Gasteiger partial charge >= 0.3 is 0 Å². The van der Waals surface area contributed by atoms with Crippen molar-refractivity contribution in [3.63, 3.8) is 0 Å². The Labute approximate surface area is 137 Å². The van der Waals surface area contributed by atoms with Crippen molar-refractivity contribution in [2.75, 3.05) is 9.80 Å². The van der Waals surface area contributed by atoms with E-state index in [-0.39, 0.29) is 6.17 Å². The second-order valence-electron chi connectivity index (χ2n) is 5.87. The van der Waals surface area contributed by atoms with Gasteiger partial charge in [0.1, 0.15) is 0 Å². The summed E-state index contributed by atoms with van der Waals surface area (Å²) in [5.41, 5.74) is 3.70. The van der Waals surface area contributed by atoms with Crippen LogP contribution in [0.25, 0.3) is 0 Å². The van der Waals surface area contributed by atoms with Crippen molar-refractivity contribution < 1.29 is 4.57 Å². The van der Waals surface area contributed by atoms with Gasteiger partial charge in [-0.25, -0.2) is 9.47 Å². The summed E-state index contributed by atoms with van der Waals surface area (Å²) in [6, 6.07) is 25.5. The molecule has 1 atom stereocenters. The number of aromatic nitrogens is 1. The van der Waals surface area contributed by atoms with Gasteiger partial charge < -0.3 is 0 Å². The first-order valence-electron chi connectivity index (χ1n) is 7.94. The number of aryl methyl sites for hydroxylation is 1. The normalized spacial score (nSPS) is 16.5. The third-order valence-electron chi connectivity index (χ3n) is 4.46. The lowest BCUT2D eigenvalue weighted by Crippen LogP contribution is -2.42. The standard InChI is InChI=1S/C20H20N3/c1-16-22(17-10-4-3-5-11-17)18-12-6-7-13-19(18)23(16)20-14-8-9-15-21(20)2/h3-16H,1-2H3/q+1/t16-/m1/s1. The molecule has 0 fully saturated rings. The third-order valence-corrected chi connectivity index (χ3v) is 4.46. The predicted molar refractivity (Wildman–Crippen MR) is 94.2 cm³/mol. The van der Waals surface area contributed by atoms with Crippen LogP contribution in [0.5, 0.6) is 0 Å². The van der Waals surface area contributed by atoms with E-state index in [1.807, 2.05) is 0 Å². The molecule has 1 aliphatic heterocycles.